The molecule has 0 amide bonds. The van der Waals surface area contributed by atoms with E-state index in [1.807, 2.05) is 0 Å². The van der Waals surface area contributed by atoms with Crippen molar-refractivity contribution in [1.29, 1.82) is 0 Å². The van der Waals surface area contributed by atoms with E-state index in [-0.39, 0.29) is 35.5 Å². The van der Waals surface area contributed by atoms with Crippen molar-refractivity contribution in [3.05, 3.63) is 29.3 Å². The predicted molar refractivity (Wildman–Crippen MR) is 167 cm³/mol. The molecule has 9 atom stereocenters. The van der Waals surface area contributed by atoms with E-state index < -0.39 is 62.4 Å². The second-order valence-electron chi connectivity index (χ2n) is 10.7. The predicted octanol–water partition coefficient (Wildman–Crippen LogP) is 0.835. The van der Waals surface area contributed by atoms with Gasteiger partial charge in [-0.1, -0.05) is 24.5 Å². The van der Waals surface area contributed by atoms with Crippen molar-refractivity contribution in [2.75, 3.05) is 31.8 Å². The van der Waals surface area contributed by atoms with E-state index in [4.69, 9.17) is 34.5 Å². The molecule has 1 saturated heterocycles. The van der Waals surface area contributed by atoms with Gasteiger partial charge < -0.3 is 40.0 Å². The summed E-state index contributed by atoms with van der Waals surface area (Å²) < 4.78 is 56.6. The molecule has 1 aliphatic carbocycles. The van der Waals surface area contributed by atoms with Crippen LogP contribution in [0.3, 0.4) is 0 Å². The summed E-state index contributed by atoms with van der Waals surface area (Å²) in [6.07, 6.45) is -0.586. The first kappa shape index (κ1) is 33.3. The molecule has 0 aromatic carbocycles. The Bertz CT molecular complexity index is 1900. The summed E-state index contributed by atoms with van der Waals surface area (Å²) in [4.78, 5) is 44.9. The van der Waals surface area contributed by atoms with Crippen molar-refractivity contribution in [3.8, 4) is 0 Å². The van der Waals surface area contributed by atoms with Crippen LogP contribution in [0.4, 0.5) is 11.8 Å². The normalized spacial score (nSPS) is 29.4. The fourth-order valence-electron chi connectivity index (χ4n) is 5.79. The van der Waals surface area contributed by atoms with Crippen molar-refractivity contribution in [2.24, 2.45) is 5.92 Å². The van der Waals surface area contributed by atoms with Gasteiger partial charge in [-0.3, -0.25) is 23.4 Å². The molecule has 0 radical (unpaired) electrons. The van der Waals surface area contributed by atoms with Crippen molar-refractivity contribution in [1.82, 2.24) is 39.0 Å². The van der Waals surface area contributed by atoms with Gasteiger partial charge in [0.2, 0.25) is 5.95 Å². The van der Waals surface area contributed by atoms with Crippen molar-refractivity contribution < 1.29 is 42.2 Å². The van der Waals surface area contributed by atoms with Gasteiger partial charge in [-0.2, -0.15) is 4.98 Å². The van der Waals surface area contributed by atoms with E-state index in [1.165, 1.54) is 30.7 Å². The van der Waals surface area contributed by atoms with Crippen LogP contribution in [-0.2, 0) is 32.2 Å². The molecule has 2 aliphatic rings. The molecule has 20 nitrogen and oxygen atoms in total. The van der Waals surface area contributed by atoms with Gasteiger partial charge in [-0.05, 0) is 18.8 Å². The Morgan fingerprint density at radius 3 is 2.52 bits per heavy atom. The first-order chi connectivity index (χ1) is 21.7. The summed E-state index contributed by atoms with van der Waals surface area (Å²) in [6, 6.07) is -0.411. The van der Waals surface area contributed by atoms with Gasteiger partial charge in [0.15, 0.2) is 28.9 Å². The van der Waals surface area contributed by atoms with Gasteiger partial charge >= 0.3 is 13.6 Å². The third kappa shape index (κ3) is 6.70. The number of methoxy groups -OCH3 is 1. The lowest BCUT2D eigenvalue weighted by Crippen LogP contribution is -2.37. The number of aromatic amines is 1. The molecule has 0 bridgehead atoms. The van der Waals surface area contributed by atoms with Gasteiger partial charge in [0.1, 0.15) is 30.2 Å². The fraction of sp³-hybridized carbons (Fsp3) is 0.545. The van der Waals surface area contributed by atoms with Crippen molar-refractivity contribution in [3.63, 3.8) is 0 Å². The topological polar surface area (TPSA) is 280 Å². The number of H-pyrrole nitrogens is 1. The highest BCUT2D eigenvalue weighted by Crippen LogP contribution is 2.58. The number of ether oxygens (including phenoxy) is 2. The molecule has 5 heterocycles. The van der Waals surface area contributed by atoms with Gasteiger partial charge in [0, 0.05) is 7.11 Å². The number of nitrogens with one attached hydrogen (secondary N) is 1. The molecule has 24 heteroatoms. The molecule has 1 saturated carbocycles. The van der Waals surface area contributed by atoms with Crippen molar-refractivity contribution >= 4 is 72.2 Å². The maximum atomic E-state index is 13.7. The van der Waals surface area contributed by atoms with Crippen LogP contribution in [-0.4, -0.2) is 93.8 Å². The summed E-state index contributed by atoms with van der Waals surface area (Å²) >= 11 is 7.73. The molecule has 2 fully saturated rings. The molecule has 6 rings (SSSR count). The molecule has 0 spiro atoms. The zero-order valence-electron chi connectivity index (χ0n) is 23.8. The zero-order valence-corrected chi connectivity index (χ0v) is 27.4. The molecular weight excluding hydrogens is 690 g/mol. The smallest absolute Gasteiger partial charge is 0.386 e. The largest absolute Gasteiger partial charge is 0.391 e. The number of hydrogen-bond donors (Lipinski definition) is 7. The Morgan fingerprint density at radius 1 is 1.04 bits per heavy atom. The van der Waals surface area contributed by atoms with E-state index in [1.54, 1.807) is 4.57 Å². The molecular formula is C22H30N10O10P2S2. The number of nitrogen functional groups attached to an aromatic ring is 2. The molecule has 46 heavy (non-hydrogen) atoms. The fourth-order valence-corrected chi connectivity index (χ4v) is 7.85. The van der Waals surface area contributed by atoms with E-state index in [0.717, 1.165) is 0 Å². The van der Waals surface area contributed by atoms with Crippen LogP contribution in [0.2, 0.25) is 0 Å². The van der Waals surface area contributed by atoms with Gasteiger partial charge in [0.05, 0.1) is 38.0 Å². The van der Waals surface area contributed by atoms with Gasteiger partial charge in [-0.25, -0.2) is 29.1 Å². The minimum atomic E-state index is -4.22. The van der Waals surface area contributed by atoms with Crippen LogP contribution in [0.1, 0.15) is 25.1 Å². The summed E-state index contributed by atoms with van der Waals surface area (Å²) in [7, 11) is 1.31. The first-order valence-electron chi connectivity index (χ1n) is 13.6. The number of nitrogens with two attached hydrogens (primary N) is 2. The number of anilines is 2. The van der Waals surface area contributed by atoms with E-state index in [2.05, 4.69) is 54.4 Å². The average molecular weight is 721 g/mol. The molecule has 7 N–H and O–H groups in total. The first-order valence-corrected chi connectivity index (χ1v) is 19.0. The maximum absolute atomic E-state index is 13.7. The maximum Gasteiger partial charge on any atom is 0.386 e. The number of aliphatic hydroxyl groups is 1. The Hall–Kier alpha value is -2.62. The highest BCUT2D eigenvalue weighted by molar-refractivity contribution is 8.44. The lowest BCUT2D eigenvalue weighted by Gasteiger charge is -2.26. The quantitative estimate of drug-likeness (QED) is 0.0834. The number of aromatic nitrogens is 8. The SMILES string of the molecule is CO[C@H]1[C@@H](O[P@@](=O)(S)OC[C@@H]2C[C@@H](O)[C@H](n3cnc4c(N)ncnc43)C2)[C@H](n2cnc3c(=O)[nH]c(N)nc32)O[C@@H]1COP(=O)(O)S. The minimum Gasteiger partial charge on any atom is -0.391 e. The number of nitrogens with zero attached hydrogens (tertiary/aromatic N) is 7. The Morgan fingerprint density at radius 2 is 1.78 bits per heavy atom. The van der Waals surface area contributed by atoms with Crippen LogP contribution < -0.4 is 17.0 Å². The molecule has 1 unspecified atom stereocenters. The number of hydrogen-bond acceptors (Lipinski definition) is 16. The molecule has 4 aromatic heterocycles. The third-order valence-electron chi connectivity index (χ3n) is 7.76. The monoisotopic (exact) mass is 720 g/mol. The minimum absolute atomic E-state index is 0.0123. The van der Waals surface area contributed by atoms with Crippen molar-refractivity contribution in [2.45, 2.75) is 49.5 Å². The highest BCUT2D eigenvalue weighted by Gasteiger charge is 2.51. The molecule has 1 aliphatic heterocycles. The highest BCUT2D eigenvalue weighted by atomic mass is 32.7. The summed E-state index contributed by atoms with van der Waals surface area (Å²) in [5, 5.41) is 10.9. The number of fused-ring (bicyclic) bond motifs is 2. The second-order valence-corrected chi connectivity index (χ2v) is 16.3. The van der Waals surface area contributed by atoms with E-state index >= 15 is 0 Å². The third-order valence-corrected chi connectivity index (χ3v) is 10.2. The number of thiol groups is 2. The van der Waals surface area contributed by atoms with E-state index in [9.17, 15) is 23.9 Å². The van der Waals surface area contributed by atoms with Crippen LogP contribution in [0, 0.1) is 5.92 Å². The Balaban J connectivity index is 1.21. The number of imidazole rings is 2. The Labute approximate surface area is 269 Å². The summed E-state index contributed by atoms with van der Waals surface area (Å²) in [5.74, 6) is -0.247. The number of rotatable bonds is 11. The van der Waals surface area contributed by atoms with Gasteiger partial charge in [0.25, 0.3) is 5.56 Å². The van der Waals surface area contributed by atoms with Crippen LogP contribution in [0.25, 0.3) is 22.3 Å². The summed E-state index contributed by atoms with van der Waals surface area (Å²) in [6.45, 7) is -9.00. The number of aliphatic hydroxyl groups excluding tert-OH is 1. The molecule has 4 aromatic rings. The zero-order chi connectivity index (χ0) is 33.0. The Kier molecular flexibility index (Phi) is 9.24. The van der Waals surface area contributed by atoms with Crippen LogP contribution in [0.5, 0.6) is 0 Å². The second kappa shape index (κ2) is 12.8. The van der Waals surface area contributed by atoms with Crippen LogP contribution >= 0.6 is 38.1 Å². The molecule has 250 valence electrons. The van der Waals surface area contributed by atoms with Crippen LogP contribution in [0.15, 0.2) is 23.8 Å². The lowest BCUT2D eigenvalue weighted by atomic mass is 10.1. The average Bonchev–Trinajstić information content (AvgIpc) is 3.75. The standard InChI is InChI=1S/C22H30N10O10P2S2/c1-38-15-12(5-39-43(35,36)45)41-21(32-8-28-14-19(32)29-22(24)30-20(14)34)16(15)42-44(37,46)40-4-9-2-10(11(33)3-9)31-7-27-13-17(23)25-6-26-18(13)31/h6-12,15-16,21,33H,2-5H2,1H3,(H,37,46)(H2,23,25,26)(H2,35,36,45)(H3,24,29,30,34)/t9-,10+,11+,12+,15+,16+,21+,44-/m0/s1. The lowest BCUT2D eigenvalue weighted by molar-refractivity contribution is -0.0489. The summed E-state index contributed by atoms with van der Waals surface area (Å²) in [5.41, 5.74) is 11.9. The van der Waals surface area contributed by atoms with Gasteiger partial charge in [-0.15, -0.1) is 0 Å². The van der Waals surface area contributed by atoms with E-state index in [0.29, 0.717) is 24.0 Å².